The average Bonchev–Trinajstić information content (AvgIpc) is 2.68. The van der Waals surface area contributed by atoms with Gasteiger partial charge in [0.15, 0.2) is 0 Å². The summed E-state index contributed by atoms with van der Waals surface area (Å²) in [6.45, 7) is 4.08. The van der Waals surface area contributed by atoms with E-state index in [-0.39, 0.29) is 17.9 Å². The van der Waals surface area contributed by atoms with Crippen molar-refractivity contribution in [2.75, 3.05) is 53.0 Å². The van der Waals surface area contributed by atoms with Crippen molar-refractivity contribution in [3.8, 4) is 5.75 Å². The molecule has 2 saturated heterocycles. The lowest BCUT2D eigenvalue weighted by molar-refractivity contribution is -0.135. The number of benzene rings is 1. The molecule has 0 bridgehead atoms. The summed E-state index contributed by atoms with van der Waals surface area (Å²) in [6.07, 6.45) is 1.85. The quantitative estimate of drug-likeness (QED) is 0.757. The Morgan fingerprint density at radius 3 is 2.92 bits per heavy atom. The molecule has 1 unspecified atom stereocenters. The standard InChI is InChI=1S/C19H27N3O4/c1-25-11-12-26-17-7-3-2-6-16(17)19(24)21-9-4-5-15(14-21)22-10-8-20-13-18(22)23/h2-3,6-7,15,20H,4-5,8-14H2,1H3. The lowest BCUT2D eigenvalue weighted by Gasteiger charge is -2.41. The fourth-order valence-electron chi connectivity index (χ4n) is 3.58. The molecule has 142 valence electrons. The zero-order valence-corrected chi connectivity index (χ0v) is 15.3. The summed E-state index contributed by atoms with van der Waals surface area (Å²) in [7, 11) is 1.62. The molecule has 0 aromatic heterocycles. The summed E-state index contributed by atoms with van der Waals surface area (Å²) in [4.78, 5) is 29.0. The highest BCUT2D eigenvalue weighted by Crippen LogP contribution is 2.23. The molecule has 7 heteroatoms. The minimum atomic E-state index is -0.0368. The van der Waals surface area contributed by atoms with Gasteiger partial charge < -0.3 is 24.6 Å². The molecule has 26 heavy (non-hydrogen) atoms. The first-order valence-corrected chi connectivity index (χ1v) is 9.21. The largest absolute Gasteiger partial charge is 0.490 e. The van der Waals surface area contributed by atoms with Gasteiger partial charge in [0, 0.05) is 39.3 Å². The van der Waals surface area contributed by atoms with E-state index in [4.69, 9.17) is 9.47 Å². The first-order chi connectivity index (χ1) is 12.7. The number of rotatable bonds is 6. The van der Waals surface area contributed by atoms with Gasteiger partial charge >= 0.3 is 0 Å². The smallest absolute Gasteiger partial charge is 0.257 e. The van der Waals surface area contributed by atoms with Crippen LogP contribution in [-0.4, -0.2) is 80.7 Å². The van der Waals surface area contributed by atoms with Crippen LogP contribution in [0.5, 0.6) is 5.75 Å². The van der Waals surface area contributed by atoms with Crippen molar-refractivity contribution < 1.29 is 19.1 Å². The van der Waals surface area contributed by atoms with Crippen LogP contribution >= 0.6 is 0 Å². The molecule has 1 atom stereocenters. The fourth-order valence-corrected chi connectivity index (χ4v) is 3.58. The van der Waals surface area contributed by atoms with Crippen LogP contribution in [0.1, 0.15) is 23.2 Å². The van der Waals surface area contributed by atoms with Gasteiger partial charge in [-0.1, -0.05) is 12.1 Å². The highest BCUT2D eigenvalue weighted by Gasteiger charge is 2.32. The van der Waals surface area contributed by atoms with Crippen molar-refractivity contribution in [1.29, 1.82) is 0 Å². The van der Waals surface area contributed by atoms with Crippen molar-refractivity contribution >= 4 is 11.8 Å². The van der Waals surface area contributed by atoms with Crippen LogP contribution in [-0.2, 0) is 9.53 Å². The third-order valence-electron chi connectivity index (χ3n) is 4.91. The number of carbonyl (C=O) groups excluding carboxylic acids is 2. The first kappa shape index (κ1) is 18.7. The number of hydrogen-bond donors (Lipinski definition) is 1. The molecule has 2 amide bonds. The topological polar surface area (TPSA) is 71.1 Å². The number of para-hydroxylation sites is 1. The first-order valence-electron chi connectivity index (χ1n) is 9.21. The summed E-state index contributed by atoms with van der Waals surface area (Å²) >= 11 is 0. The van der Waals surface area contributed by atoms with E-state index < -0.39 is 0 Å². The molecule has 0 saturated carbocycles. The number of amides is 2. The Bertz CT molecular complexity index is 637. The van der Waals surface area contributed by atoms with Crippen molar-refractivity contribution in [2.45, 2.75) is 18.9 Å². The van der Waals surface area contributed by atoms with Crippen molar-refractivity contribution in [1.82, 2.24) is 15.1 Å². The molecular weight excluding hydrogens is 334 g/mol. The van der Waals surface area contributed by atoms with E-state index in [0.717, 1.165) is 19.4 Å². The van der Waals surface area contributed by atoms with E-state index in [1.807, 2.05) is 28.0 Å². The molecule has 2 fully saturated rings. The molecule has 0 spiro atoms. The third kappa shape index (κ3) is 4.34. The maximum absolute atomic E-state index is 13.1. The normalized spacial score (nSPS) is 21.0. The van der Waals surface area contributed by atoms with E-state index >= 15 is 0 Å². The van der Waals surface area contributed by atoms with Gasteiger partial charge in [-0.15, -0.1) is 0 Å². The van der Waals surface area contributed by atoms with Crippen molar-refractivity contribution in [2.24, 2.45) is 0 Å². The molecule has 0 radical (unpaired) electrons. The second-order valence-corrected chi connectivity index (χ2v) is 6.65. The predicted octanol–water partition coefficient (Wildman–Crippen LogP) is 0.748. The molecule has 3 rings (SSSR count). The van der Waals surface area contributed by atoms with Gasteiger partial charge in [-0.05, 0) is 25.0 Å². The van der Waals surface area contributed by atoms with Crippen molar-refractivity contribution in [3.63, 3.8) is 0 Å². The van der Waals surface area contributed by atoms with Crippen LogP contribution in [0, 0.1) is 0 Å². The Morgan fingerprint density at radius 2 is 2.12 bits per heavy atom. The van der Waals surface area contributed by atoms with E-state index in [2.05, 4.69) is 5.32 Å². The number of likely N-dealkylation sites (tertiary alicyclic amines) is 1. The van der Waals surface area contributed by atoms with Gasteiger partial charge in [0.05, 0.1) is 18.7 Å². The number of nitrogens with zero attached hydrogens (tertiary/aromatic N) is 2. The lowest BCUT2D eigenvalue weighted by atomic mass is 10.0. The second-order valence-electron chi connectivity index (χ2n) is 6.65. The van der Waals surface area contributed by atoms with Gasteiger partial charge in [-0.25, -0.2) is 0 Å². The van der Waals surface area contributed by atoms with Gasteiger partial charge in [0.25, 0.3) is 5.91 Å². The molecule has 0 aliphatic carbocycles. The van der Waals surface area contributed by atoms with Gasteiger partial charge in [0.2, 0.25) is 5.91 Å². The summed E-state index contributed by atoms with van der Waals surface area (Å²) in [5, 5.41) is 3.10. The molecule has 1 aromatic rings. The average molecular weight is 361 g/mol. The Morgan fingerprint density at radius 1 is 1.27 bits per heavy atom. The Kier molecular flexibility index (Phi) is 6.46. The number of carbonyl (C=O) groups is 2. The molecular formula is C19H27N3O4. The Balaban J connectivity index is 1.68. The van der Waals surface area contributed by atoms with E-state index in [9.17, 15) is 9.59 Å². The van der Waals surface area contributed by atoms with Gasteiger partial charge in [0.1, 0.15) is 12.4 Å². The highest BCUT2D eigenvalue weighted by molar-refractivity contribution is 5.97. The van der Waals surface area contributed by atoms with Gasteiger partial charge in [-0.3, -0.25) is 9.59 Å². The number of piperidine rings is 1. The monoisotopic (exact) mass is 361 g/mol. The molecule has 1 N–H and O–H groups in total. The summed E-state index contributed by atoms with van der Waals surface area (Å²) in [6, 6.07) is 7.41. The van der Waals surface area contributed by atoms with Crippen LogP contribution in [0.15, 0.2) is 24.3 Å². The van der Waals surface area contributed by atoms with E-state index in [0.29, 0.717) is 50.7 Å². The SMILES string of the molecule is COCCOc1ccccc1C(=O)N1CCCC(N2CCNCC2=O)C1. The number of piperazine rings is 1. The summed E-state index contributed by atoms with van der Waals surface area (Å²) < 4.78 is 10.7. The second kappa shape index (κ2) is 9.00. The minimum absolute atomic E-state index is 0.0368. The Labute approximate surface area is 154 Å². The fraction of sp³-hybridized carbons (Fsp3) is 0.579. The molecule has 2 heterocycles. The van der Waals surface area contributed by atoms with Crippen molar-refractivity contribution in [3.05, 3.63) is 29.8 Å². The third-order valence-corrected chi connectivity index (χ3v) is 4.91. The van der Waals surface area contributed by atoms with Crippen LogP contribution < -0.4 is 10.1 Å². The van der Waals surface area contributed by atoms with E-state index in [1.54, 1.807) is 13.2 Å². The Hall–Kier alpha value is -2.12. The van der Waals surface area contributed by atoms with Gasteiger partial charge in [-0.2, -0.15) is 0 Å². The number of methoxy groups -OCH3 is 1. The van der Waals surface area contributed by atoms with Crippen LogP contribution in [0.25, 0.3) is 0 Å². The van der Waals surface area contributed by atoms with Crippen LogP contribution in [0.4, 0.5) is 0 Å². The number of ether oxygens (including phenoxy) is 2. The highest BCUT2D eigenvalue weighted by atomic mass is 16.5. The molecule has 2 aliphatic heterocycles. The van der Waals surface area contributed by atoms with Crippen LogP contribution in [0.2, 0.25) is 0 Å². The zero-order valence-electron chi connectivity index (χ0n) is 15.3. The van der Waals surface area contributed by atoms with Crippen LogP contribution in [0.3, 0.4) is 0 Å². The van der Waals surface area contributed by atoms with E-state index in [1.165, 1.54) is 0 Å². The maximum atomic E-state index is 13.1. The molecule has 7 nitrogen and oxygen atoms in total. The summed E-state index contributed by atoms with van der Waals surface area (Å²) in [5.41, 5.74) is 0.566. The zero-order chi connectivity index (χ0) is 18.4. The lowest BCUT2D eigenvalue weighted by Crippen LogP contribution is -2.57. The summed E-state index contributed by atoms with van der Waals surface area (Å²) in [5.74, 6) is 0.666. The minimum Gasteiger partial charge on any atom is -0.490 e. The molecule has 1 aromatic carbocycles. The number of hydrogen-bond acceptors (Lipinski definition) is 5. The number of nitrogens with one attached hydrogen (secondary N) is 1. The molecule has 2 aliphatic rings. The predicted molar refractivity (Wildman–Crippen MR) is 97.3 cm³/mol. The maximum Gasteiger partial charge on any atom is 0.257 e.